The first-order chi connectivity index (χ1) is 9.08. The highest BCUT2D eigenvalue weighted by molar-refractivity contribution is 8.00. The second kappa shape index (κ2) is 4.81. The van der Waals surface area contributed by atoms with Crippen LogP contribution in [0.1, 0.15) is 36.8 Å². The van der Waals surface area contributed by atoms with Gasteiger partial charge in [0.15, 0.2) is 0 Å². The molecular formula is C15H16FNOS. The summed E-state index contributed by atoms with van der Waals surface area (Å²) in [5, 5.41) is 20.9. The van der Waals surface area contributed by atoms with E-state index in [1.165, 1.54) is 31.0 Å². The molecule has 1 aromatic rings. The van der Waals surface area contributed by atoms with Crippen LogP contribution >= 0.6 is 11.8 Å². The first kappa shape index (κ1) is 13.0. The monoisotopic (exact) mass is 277 g/mol. The maximum atomic E-state index is 13.3. The molecule has 0 amide bonds. The van der Waals surface area contributed by atoms with Gasteiger partial charge in [0, 0.05) is 16.9 Å². The number of hydrogen-bond donors (Lipinski definition) is 1. The number of halogens is 1. The van der Waals surface area contributed by atoms with E-state index in [-0.39, 0.29) is 5.82 Å². The van der Waals surface area contributed by atoms with E-state index < -0.39 is 5.60 Å². The van der Waals surface area contributed by atoms with Gasteiger partial charge in [0.2, 0.25) is 0 Å². The molecule has 0 aliphatic carbocycles. The van der Waals surface area contributed by atoms with Crippen LogP contribution in [0.5, 0.6) is 0 Å². The topological polar surface area (TPSA) is 44.0 Å². The average Bonchev–Trinajstić information content (AvgIpc) is 2.69. The molecule has 2 nitrogen and oxygen atoms in total. The summed E-state index contributed by atoms with van der Waals surface area (Å²) < 4.78 is 13.3. The Labute approximate surface area is 116 Å². The molecule has 2 fully saturated rings. The third-order valence-corrected chi connectivity index (χ3v) is 5.69. The van der Waals surface area contributed by atoms with Crippen LogP contribution in [-0.4, -0.2) is 21.2 Å². The Morgan fingerprint density at radius 3 is 2.68 bits per heavy atom. The zero-order valence-electron chi connectivity index (χ0n) is 10.6. The lowest BCUT2D eigenvalue weighted by atomic mass is 9.85. The van der Waals surface area contributed by atoms with E-state index in [1.807, 2.05) is 11.8 Å². The minimum absolute atomic E-state index is 0.342. The molecule has 2 heterocycles. The number of rotatable bonds is 2. The molecule has 0 saturated carbocycles. The number of fused-ring (bicyclic) bond motifs is 2. The van der Waals surface area contributed by atoms with Crippen molar-refractivity contribution in [2.75, 3.05) is 0 Å². The fourth-order valence-electron chi connectivity index (χ4n) is 3.33. The molecule has 2 aliphatic heterocycles. The van der Waals surface area contributed by atoms with Crippen LogP contribution in [0, 0.1) is 17.1 Å². The highest BCUT2D eigenvalue weighted by Crippen LogP contribution is 2.48. The second-order valence-electron chi connectivity index (χ2n) is 5.68. The number of aliphatic hydroxyl groups is 1. The highest BCUT2D eigenvalue weighted by atomic mass is 32.2. The summed E-state index contributed by atoms with van der Waals surface area (Å²) in [6, 6.07) is 6.27. The largest absolute Gasteiger partial charge is 0.389 e. The summed E-state index contributed by atoms with van der Waals surface area (Å²) >= 11 is 1.98. The van der Waals surface area contributed by atoms with Gasteiger partial charge in [0.05, 0.1) is 17.2 Å². The lowest BCUT2D eigenvalue weighted by Gasteiger charge is -2.36. The molecule has 1 aromatic carbocycles. The number of benzene rings is 1. The molecule has 100 valence electrons. The van der Waals surface area contributed by atoms with Crippen LogP contribution in [0.25, 0.3) is 0 Å². The average molecular weight is 277 g/mol. The first-order valence-electron chi connectivity index (χ1n) is 6.64. The Morgan fingerprint density at radius 1 is 1.37 bits per heavy atom. The lowest BCUT2D eigenvalue weighted by molar-refractivity contribution is 0.0241. The number of thioether (sulfide) groups is 1. The minimum Gasteiger partial charge on any atom is -0.389 e. The Balaban J connectivity index is 1.85. The summed E-state index contributed by atoms with van der Waals surface area (Å²) in [6.07, 6.45) is 4.25. The summed E-state index contributed by atoms with van der Waals surface area (Å²) in [6.45, 7) is 0. The van der Waals surface area contributed by atoms with Gasteiger partial charge in [0.25, 0.3) is 0 Å². The van der Waals surface area contributed by atoms with E-state index in [2.05, 4.69) is 6.07 Å². The molecule has 2 aliphatic rings. The van der Waals surface area contributed by atoms with Gasteiger partial charge in [-0.15, -0.1) is 0 Å². The molecule has 2 atom stereocenters. The predicted molar refractivity (Wildman–Crippen MR) is 73.4 cm³/mol. The number of hydrogen-bond acceptors (Lipinski definition) is 3. The molecule has 2 unspecified atom stereocenters. The summed E-state index contributed by atoms with van der Waals surface area (Å²) in [5.74, 6) is -0.342. The van der Waals surface area contributed by atoms with E-state index in [9.17, 15) is 9.50 Å². The van der Waals surface area contributed by atoms with Gasteiger partial charge in [-0.05, 0) is 49.4 Å². The van der Waals surface area contributed by atoms with Crippen molar-refractivity contribution in [1.82, 2.24) is 0 Å². The summed E-state index contributed by atoms with van der Waals surface area (Å²) in [4.78, 5) is 0. The Bertz CT molecular complexity index is 527. The van der Waals surface area contributed by atoms with Gasteiger partial charge >= 0.3 is 0 Å². The fraction of sp³-hybridized carbons (Fsp3) is 0.533. The number of nitriles is 1. The summed E-state index contributed by atoms with van der Waals surface area (Å²) in [7, 11) is 0. The maximum absolute atomic E-state index is 13.3. The van der Waals surface area contributed by atoms with Crippen molar-refractivity contribution in [3.05, 3.63) is 35.1 Å². The van der Waals surface area contributed by atoms with Gasteiger partial charge in [-0.1, -0.05) is 0 Å². The smallest absolute Gasteiger partial charge is 0.123 e. The van der Waals surface area contributed by atoms with Gasteiger partial charge in [-0.2, -0.15) is 17.0 Å². The molecule has 19 heavy (non-hydrogen) atoms. The van der Waals surface area contributed by atoms with Crippen LogP contribution in [0.2, 0.25) is 0 Å². The van der Waals surface area contributed by atoms with E-state index in [4.69, 9.17) is 5.26 Å². The van der Waals surface area contributed by atoms with Crippen molar-refractivity contribution in [3.63, 3.8) is 0 Å². The third-order valence-electron chi connectivity index (χ3n) is 4.12. The van der Waals surface area contributed by atoms with Gasteiger partial charge in [0.1, 0.15) is 5.82 Å². The van der Waals surface area contributed by atoms with Gasteiger partial charge in [-0.3, -0.25) is 0 Å². The van der Waals surface area contributed by atoms with Crippen molar-refractivity contribution in [3.8, 4) is 6.07 Å². The maximum Gasteiger partial charge on any atom is 0.123 e. The fourth-order valence-corrected chi connectivity index (χ4v) is 5.23. The van der Waals surface area contributed by atoms with E-state index in [0.29, 0.717) is 28.0 Å². The van der Waals surface area contributed by atoms with Crippen LogP contribution in [0.15, 0.2) is 18.2 Å². The Kier molecular flexibility index (Phi) is 3.28. The highest BCUT2D eigenvalue weighted by Gasteiger charge is 2.43. The molecule has 3 rings (SSSR count). The van der Waals surface area contributed by atoms with Crippen molar-refractivity contribution in [2.45, 2.75) is 48.2 Å². The van der Waals surface area contributed by atoms with Crippen molar-refractivity contribution >= 4 is 11.8 Å². The molecule has 1 N–H and O–H groups in total. The quantitative estimate of drug-likeness (QED) is 0.903. The van der Waals surface area contributed by atoms with E-state index in [0.717, 1.165) is 12.8 Å². The Morgan fingerprint density at radius 2 is 2.05 bits per heavy atom. The Hall–Kier alpha value is -1.05. The number of nitrogens with zero attached hydrogens (tertiary/aromatic N) is 1. The van der Waals surface area contributed by atoms with E-state index in [1.54, 1.807) is 0 Å². The summed E-state index contributed by atoms with van der Waals surface area (Å²) in [5.41, 5.74) is 0.341. The second-order valence-corrected chi connectivity index (χ2v) is 7.29. The molecule has 0 radical (unpaired) electrons. The molecule has 0 aromatic heterocycles. The first-order valence-corrected chi connectivity index (χ1v) is 7.59. The van der Waals surface area contributed by atoms with Crippen LogP contribution in [0.3, 0.4) is 0 Å². The van der Waals surface area contributed by atoms with Gasteiger partial charge < -0.3 is 5.11 Å². The van der Waals surface area contributed by atoms with E-state index >= 15 is 0 Å². The van der Waals surface area contributed by atoms with Crippen LogP contribution in [-0.2, 0) is 6.42 Å². The van der Waals surface area contributed by atoms with Gasteiger partial charge in [-0.25, -0.2) is 4.39 Å². The predicted octanol–water partition coefficient (Wildman–Crippen LogP) is 3.03. The van der Waals surface area contributed by atoms with Crippen molar-refractivity contribution in [2.24, 2.45) is 0 Å². The molecule has 0 spiro atoms. The minimum atomic E-state index is -0.767. The normalized spacial score (nSPS) is 33.1. The molecule has 4 heteroatoms. The third kappa shape index (κ3) is 2.63. The van der Waals surface area contributed by atoms with Crippen LogP contribution < -0.4 is 0 Å². The molecule has 2 bridgehead atoms. The van der Waals surface area contributed by atoms with Crippen molar-refractivity contribution in [1.29, 1.82) is 5.26 Å². The standard InChI is InChI=1S/C15H16FNOS/c16-12-2-1-10(9-17)11(5-12)6-15(18)7-13-3-4-14(8-15)19-13/h1-2,5,13-14,18H,3-4,6-8H2. The lowest BCUT2D eigenvalue weighted by Crippen LogP contribution is -2.39. The molecular weight excluding hydrogens is 261 g/mol. The SMILES string of the molecule is N#Cc1ccc(F)cc1CC1(O)CC2CCC(C1)S2. The zero-order chi connectivity index (χ0) is 13.5. The van der Waals surface area contributed by atoms with Crippen molar-refractivity contribution < 1.29 is 9.50 Å². The molecule has 2 saturated heterocycles. The van der Waals surface area contributed by atoms with Crippen LogP contribution in [0.4, 0.5) is 4.39 Å². The zero-order valence-corrected chi connectivity index (χ0v) is 11.4.